The van der Waals surface area contributed by atoms with Crippen LogP contribution in [0.1, 0.15) is 12.2 Å². The molecule has 114 valence electrons. The number of nitrogens with one attached hydrogen (secondary N) is 1. The maximum absolute atomic E-state index is 12.0. The normalized spacial score (nSPS) is 23.8. The minimum Gasteiger partial charge on any atom is -0.396 e. The Morgan fingerprint density at radius 1 is 1.52 bits per heavy atom. The molecule has 2 aromatic heterocycles. The Hall–Kier alpha value is -1.77. The SMILES string of the molecule is Cn1ncc2c(=O)[nH]c(CN3CC[C@H](CO)[C@H](O)C3)nc21. The highest BCUT2D eigenvalue weighted by Gasteiger charge is 2.27. The van der Waals surface area contributed by atoms with Crippen molar-refractivity contribution in [1.29, 1.82) is 0 Å². The molecule has 21 heavy (non-hydrogen) atoms. The van der Waals surface area contributed by atoms with Gasteiger partial charge in [0, 0.05) is 26.1 Å². The summed E-state index contributed by atoms with van der Waals surface area (Å²) in [6.07, 6.45) is 1.69. The zero-order valence-electron chi connectivity index (χ0n) is 11.9. The molecule has 2 aromatic rings. The fraction of sp³-hybridized carbons (Fsp3) is 0.615. The fourth-order valence-electron chi connectivity index (χ4n) is 2.77. The topological polar surface area (TPSA) is 107 Å². The van der Waals surface area contributed by atoms with Crippen LogP contribution in [-0.2, 0) is 13.6 Å². The van der Waals surface area contributed by atoms with Crippen molar-refractivity contribution in [2.75, 3.05) is 19.7 Å². The summed E-state index contributed by atoms with van der Waals surface area (Å²) in [4.78, 5) is 21.2. The minimum absolute atomic E-state index is 0.00503. The number of aryl methyl sites for hydroxylation is 1. The van der Waals surface area contributed by atoms with Gasteiger partial charge >= 0.3 is 0 Å². The Morgan fingerprint density at radius 3 is 3.05 bits per heavy atom. The lowest BCUT2D eigenvalue weighted by molar-refractivity contribution is -0.00516. The van der Waals surface area contributed by atoms with Gasteiger partial charge in [0.2, 0.25) is 0 Å². The second-order valence-corrected chi connectivity index (χ2v) is 5.55. The van der Waals surface area contributed by atoms with Gasteiger partial charge in [-0.1, -0.05) is 0 Å². The Labute approximate surface area is 121 Å². The van der Waals surface area contributed by atoms with Crippen LogP contribution in [0.2, 0.25) is 0 Å². The van der Waals surface area contributed by atoms with E-state index in [1.54, 1.807) is 11.7 Å². The second-order valence-electron chi connectivity index (χ2n) is 5.55. The Balaban J connectivity index is 1.79. The summed E-state index contributed by atoms with van der Waals surface area (Å²) in [5.41, 5.74) is 0.355. The van der Waals surface area contributed by atoms with E-state index in [1.807, 2.05) is 4.90 Å². The molecule has 1 fully saturated rings. The number of fused-ring (bicyclic) bond motifs is 1. The molecule has 8 heteroatoms. The van der Waals surface area contributed by atoms with Crippen LogP contribution in [0.4, 0.5) is 0 Å². The number of β-amino-alcohol motifs (C(OH)–C–C–N with tert-alkyl or cyclic N) is 1. The smallest absolute Gasteiger partial charge is 0.262 e. The third kappa shape index (κ3) is 2.69. The van der Waals surface area contributed by atoms with Crippen LogP contribution in [0.3, 0.4) is 0 Å². The maximum atomic E-state index is 12.0. The molecule has 0 aromatic carbocycles. The number of rotatable bonds is 3. The molecule has 8 nitrogen and oxygen atoms in total. The van der Waals surface area contributed by atoms with E-state index >= 15 is 0 Å². The molecule has 2 atom stereocenters. The van der Waals surface area contributed by atoms with Crippen molar-refractivity contribution in [2.45, 2.75) is 19.1 Å². The zero-order chi connectivity index (χ0) is 15.0. The molecule has 3 heterocycles. The standard InChI is InChI=1S/C13H19N5O3/c1-17-12-9(4-14-17)13(21)16-11(15-12)6-18-3-2-8(7-19)10(20)5-18/h4,8,10,19-20H,2-3,5-7H2,1H3,(H,15,16,21)/t8-,10-/m1/s1. The molecule has 0 spiro atoms. The van der Waals surface area contributed by atoms with Gasteiger partial charge in [0.05, 0.1) is 18.8 Å². The number of aliphatic hydroxyl groups is 2. The van der Waals surface area contributed by atoms with Crippen LogP contribution >= 0.6 is 0 Å². The maximum Gasteiger partial charge on any atom is 0.262 e. The van der Waals surface area contributed by atoms with Crippen molar-refractivity contribution in [2.24, 2.45) is 13.0 Å². The van der Waals surface area contributed by atoms with Gasteiger partial charge < -0.3 is 15.2 Å². The molecule has 3 N–H and O–H groups in total. The van der Waals surface area contributed by atoms with E-state index in [0.29, 0.717) is 29.9 Å². The van der Waals surface area contributed by atoms with Crippen molar-refractivity contribution in [3.8, 4) is 0 Å². The quantitative estimate of drug-likeness (QED) is 0.658. The molecule has 0 radical (unpaired) electrons. The van der Waals surface area contributed by atoms with E-state index in [2.05, 4.69) is 15.1 Å². The Morgan fingerprint density at radius 2 is 2.33 bits per heavy atom. The number of hydrogen-bond acceptors (Lipinski definition) is 6. The molecule has 1 aliphatic rings. The lowest BCUT2D eigenvalue weighted by Gasteiger charge is -2.34. The van der Waals surface area contributed by atoms with Gasteiger partial charge in [-0.3, -0.25) is 14.4 Å². The van der Waals surface area contributed by atoms with E-state index in [1.165, 1.54) is 6.20 Å². The van der Waals surface area contributed by atoms with Crippen molar-refractivity contribution < 1.29 is 10.2 Å². The van der Waals surface area contributed by atoms with Crippen molar-refractivity contribution in [3.05, 3.63) is 22.4 Å². The van der Waals surface area contributed by atoms with E-state index in [4.69, 9.17) is 5.11 Å². The van der Waals surface area contributed by atoms with Crippen molar-refractivity contribution >= 4 is 11.0 Å². The highest BCUT2D eigenvalue weighted by molar-refractivity contribution is 5.72. The lowest BCUT2D eigenvalue weighted by Crippen LogP contribution is -2.44. The van der Waals surface area contributed by atoms with E-state index in [-0.39, 0.29) is 18.1 Å². The number of H-pyrrole nitrogens is 1. The molecular formula is C13H19N5O3. The number of piperidine rings is 1. The number of aromatic nitrogens is 4. The van der Waals surface area contributed by atoms with Gasteiger partial charge in [0.15, 0.2) is 5.65 Å². The first-order valence-electron chi connectivity index (χ1n) is 7.00. The minimum atomic E-state index is -0.545. The highest BCUT2D eigenvalue weighted by Crippen LogP contribution is 2.18. The molecular weight excluding hydrogens is 274 g/mol. The van der Waals surface area contributed by atoms with Gasteiger partial charge in [0.25, 0.3) is 5.56 Å². The summed E-state index contributed by atoms with van der Waals surface area (Å²) in [5, 5.41) is 23.6. The molecule has 3 rings (SSSR count). The number of likely N-dealkylation sites (tertiary alicyclic amines) is 1. The van der Waals surface area contributed by atoms with Crippen LogP contribution in [0.5, 0.6) is 0 Å². The molecule has 0 bridgehead atoms. The van der Waals surface area contributed by atoms with Gasteiger partial charge in [-0.2, -0.15) is 5.10 Å². The molecule has 0 unspecified atom stereocenters. The summed E-state index contributed by atoms with van der Waals surface area (Å²) in [7, 11) is 1.75. The highest BCUT2D eigenvalue weighted by atomic mass is 16.3. The summed E-state index contributed by atoms with van der Waals surface area (Å²) in [6, 6.07) is 0. The zero-order valence-corrected chi connectivity index (χ0v) is 11.9. The van der Waals surface area contributed by atoms with E-state index < -0.39 is 6.10 Å². The first-order valence-corrected chi connectivity index (χ1v) is 7.00. The summed E-state index contributed by atoms with van der Waals surface area (Å²) in [6.45, 7) is 1.70. The summed E-state index contributed by atoms with van der Waals surface area (Å²) >= 11 is 0. The third-order valence-corrected chi connectivity index (χ3v) is 4.06. The molecule has 0 saturated carbocycles. The lowest BCUT2D eigenvalue weighted by atomic mass is 9.95. The summed E-state index contributed by atoms with van der Waals surface area (Å²) < 4.78 is 1.57. The van der Waals surface area contributed by atoms with Crippen LogP contribution in [0.25, 0.3) is 11.0 Å². The Kier molecular flexibility index (Phi) is 3.75. The number of hydrogen-bond donors (Lipinski definition) is 3. The number of aromatic amines is 1. The van der Waals surface area contributed by atoms with Gasteiger partial charge in [-0.05, 0) is 13.0 Å². The first kappa shape index (κ1) is 14.2. The predicted molar refractivity (Wildman–Crippen MR) is 75.6 cm³/mol. The van der Waals surface area contributed by atoms with Crippen LogP contribution in [0.15, 0.2) is 11.0 Å². The van der Waals surface area contributed by atoms with Crippen molar-refractivity contribution in [1.82, 2.24) is 24.6 Å². The van der Waals surface area contributed by atoms with Crippen LogP contribution < -0.4 is 5.56 Å². The fourth-order valence-corrected chi connectivity index (χ4v) is 2.77. The summed E-state index contributed by atoms with van der Waals surface area (Å²) in [5.74, 6) is 0.499. The van der Waals surface area contributed by atoms with E-state index in [9.17, 15) is 9.90 Å². The van der Waals surface area contributed by atoms with Crippen LogP contribution in [0, 0.1) is 5.92 Å². The van der Waals surface area contributed by atoms with Crippen LogP contribution in [-0.4, -0.2) is 60.7 Å². The molecule has 0 amide bonds. The first-order chi connectivity index (χ1) is 10.1. The number of aliphatic hydroxyl groups excluding tert-OH is 2. The van der Waals surface area contributed by atoms with Crippen molar-refractivity contribution in [3.63, 3.8) is 0 Å². The molecule has 1 aliphatic heterocycles. The predicted octanol–water partition coefficient (Wildman–Crippen LogP) is -1.17. The average molecular weight is 293 g/mol. The van der Waals surface area contributed by atoms with Gasteiger partial charge in [0.1, 0.15) is 11.2 Å². The molecule has 1 saturated heterocycles. The second kappa shape index (κ2) is 5.55. The van der Waals surface area contributed by atoms with E-state index in [0.717, 1.165) is 13.0 Å². The monoisotopic (exact) mass is 293 g/mol. The van der Waals surface area contributed by atoms with Gasteiger partial charge in [-0.15, -0.1) is 0 Å². The molecule has 0 aliphatic carbocycles. The van der Waals surface area contributed by atoms with Gasteiger partial charge in [-0.25, -0.2) is 4.98 Å². The third-order valence-electron chi connectivity index (χ3n) is 4.06. The average Bonchev–Trinajstić information content (AvgIpc) is 2.81. The number of nitrogens with zero attached hydrogens (tertiary/aromatic N) is 4. The Bertz CT molecular complexity index is 695. The largest absolute Gasteiger partial charge is 0.396 e.